The number of anilines is 1. The lowest BCUT2D eigenvalue weighted by molar-refractivity contribution is 0.489. The highest BCUT2D eigenvalue weighted by Gasteiger charge is 2.07. The molecule has 0 atom stereocenters. The lowest BCUT2D eigenvalue weighted by atomic mass is 10.00. The number of aromatic nitrogens is 2. The Hall–Kier alpha value is -1.59. The summed E-state index contributed by atoms with van der Waals surface area (Å²) in [6.45, 7) is 7.63. The fraction of sp³-hybridized carbons (Fsp3) is 0.429. The molecule has 1 heterocycles. The first-order valence-corrected chi connectivity index (χ1v) is 6.37. The third kappa shape index (κ3) is 3.95. The molecule has 2 rings (SSSR count). The molecule has 0 fully saturated rings. The van der Waals surface area contributed by atoms with Gasteiger partial charge in [-0.25, -0.2) is 0 Å². The maximum Gasteiger partial charge on any atom is 0.315 e. The number of benzene rings is 1. The lowest BCUT2D eigenvalue weighted by Gasteiger charge is -2.11. The first kappa shape index (κ1) is 16.5. The molecule has 110 valence electrons. The zero-order chi connectivity index (χ0) is 13.8. The summed E-state index contributed by atoms with van der Waals surface area (Å²) < 4.78 is 5.45. The zero-order valence-corrected chi connectivity index (χ0v) is 13.1. The fourth-order valence-electron chi connectivity index (χ4n) is 2.20. The zero-order valence-electron chi connectivity index (χ0n) is 12.3. The van der Waals surface area contributed by atoms with Crippen molar-refractivity contribution < 1.29 is 4.42 Å². The minimum absolute atomic E-state index is 0. The second kappa shape index (κ2) is 7.26. The molecule has 0 saturated carbocycles. The van der Waals surface area contributed by atoms with E-state index in [9.17, 15) is 0 Å². The predicted octanol–water partition coefficient (Wildman–Crippen LogP) is 2.75. The average Bonchev–Trinajstić information content (AvgIpc) is 2.76. The van der Waals surface area contributed by atoms with Crippen LogP contribution in [0.4, 0.5) is 6.01 Å². The van der Waals surface area contributed by atoms with Crippen LogP contribution in [0.1, 0.15) is 28.1 Å². The van der Waals surface area contributed by atoms with Crippen molar-refractivity contribution in [2.24, 2.45) is 0 Å². The molecule has 0 aliphatic rings. The molecule has 0 aliphatic heterocycles. The van der Waals surface area contributed by atoms with Crippen LogP contribution in [-0.2, 0) is 13.1 Å². The van der Waals surface area contributed by atoms with Crippen LogP contribution in [0, 0.1) is 20.8 Å². The third-order valence-electron chi connectivity index (χ3n) is 3.05. The van der Waals surface area contributed by atoms with Crippen LogP contribution in [0.15, 0.2) is 16.5 Å². The van der Waals surface area contributed by atoms with Gasteiger partial charge in [0.2, 0.25) is 5.89 Å². The van der Waals surface area contributed by atoms with Gasteiger partial charge in [0, 0.05) is 6.54 Å². The number of hydrogen-bond donors (Lipinski definition) is 2. The summed E-state index contributed by atoms with van der Waals surface area (Å²) in [6, 6.07) is 4.83. The van der Waals surface area contributed by atoms with E-state index in [1.165, 1.54) is 22.3 Å². The Bertz CT molecular complexity index is 545. The largest absolute Gasteiger partial charge is 0.407 e. The van der Waals surface area contributed by atoms with E-state index in [4.69, 9.17) is 4.42 Å². The monoisotopic (exact) mass is 296 g/mol. The third-order valence-corrected chi connectivity index (χ3v) is 3.05. The Balaban J connectivity index is 0.00000200. The molecule has 6 heteroatoms. The van der Waals surface area contributed by atoms with E-state index in [1.54, 1.807) is 0 Å². The molecule has 2 aromatic rings. The standard InChI is InChI=1S/C14H20N4O.ClH/c1-9-5-10(2)12(11(3)6-9)7-16-14-18-17-13(19-14)8-15-4;/h5-6,15H,7-8H2,1-4H3,(H,16,18);1H. The van der Waals surface area contributed by atoms with E-state index in [2.05, 4.69) is 53.7 Å². The molecule has 0 bridgehead atoms. The van der Waals surface area contributed by atoms with Crippen LogP contribution < -0.4 is 10.6 Å². The summed E-state index contributed by atoms with van der Waals surface area (Å²) in [5, 5.41) is 14.0. The summed E-state index contributed by atoms with van der Waals surface area (Å²) in [5.41, 5.74) is 5.12. The van der Waals surface area contributed by atoms with Gasteiger partial charge >= 0.3 is 6.01 Å². The quantitative estimate of drug-likeness (QED) is 0.888. The highest BCUT2D eigenvalue weighted by molar-refractivity contribution is 5.85. The minimum Gasteiger partial charge on any atom is -0.407 e. The lowest BCUT2D eigenvalue weighted by Crippen LogP contribution is -2.05. The molecule has 0 unspecified atom stereocenters. The van der Waals surface area contributed by atoms with E-state index in [0.29, 0.717) is 25.0 Å². The molecule has 5 nitrogen and oxygen atoms in total. The van der Waals surface area contributed by atoms with Gasteiger partial charge in [0.05, 0.1) is 6.54 Å². The number of halogens is 1. The van der Waals surface area contributed by atoms with E-state index in [0.717, 1.165) is 0 Å². The Morgan fingerprint density at radius 2 is 1.70 bits per heavy atom. The molecule has 0 radical (unpaired) electrons. The van der Waals surface area contributed by atoms with Crippen molar-refractivity contribution >= 4 is 18.4 Å². The SMILES string of the molecule is CNCc1nnc(NCc2c(C)cc(C)cc2C)o1.Cl. The summed E-state index contributed by atoms with van der Waals surface area (Å²) in [6.07, 6.45) is 0. The van der Waals surface area contributed by atoms with Crippen LogP contribution in [0.25, 0.3) is 0 Å². The number of nitrogens with one attached hydrogen (secondary N) is 2. The van der Waals surface area contributed by atoms with Crippen molar-refractivity contribution in [2.75, 3.05) is 12.4 Å². The topological polar surface area (TPSA) is 63.0 Å². The number of nitrogens with zero attached hydrogens (tertiary/aromatic N) is 2. The normalized spacial score (nSPS) is 10.2. The van der Waals surface area contributed by atoms with Crippen molar-refractivity contribution in [2.45, 2.75) is 33.9 Å². The van der Waals surface area contributed by atoms with Gasteiger partial charge in [0.25, 0.3) is 0 Å². The molecule has 1 aromatic carbocycles. The summed E-state index contributed by atoms with van der Waals surface area (Å²) in [4.78, 5) is 0. The highest BCUT2D eigenvalue weighted by Crippen LogP contribution is 2.17. The summed E-state index contributed by atoms with van der Waals surface area (Å²) >= 11 is 0. The number of rotatable bonds is 5. The second-order valence-electron chi connectivity index (χ2n) is 4.76. The van der Waals surface area contributed by atoms with Crippen LogP contribution >= 0.6 is 12.4 Å². The van der Waals surface area contributed by atoms with Crippen LogP contribution in [0.5, 0.6) is 0 Å². The molecule has 1 aromatic heterocycles. The minimum atomic E-state index is 0. The van der Waals surface area contributed by atoms with Gasteiger partial charge in [0.1, 0.15) is 0 Å². The van der Waals surface area contributed by atoms with Gasteiger partial charge in [-0.3, -0.25) is 0 Å². The molecular weight excluding hydrogens is 276 g/mol. The van der Waals surface area contributed by atoms with Gasteiger partial charge in [0.15, 0.2) is 0 Å². The fourth-order valence-corrected chi connectivity index (χ4v) is 2.20. The Morgan fingerprint density at radius 3 is 2.30 bits per heavy atom. The van der Waals surface area contributed by atoms with Gasteiger partial charge in [-0.2, -0.15) is 0 Å². The first-order chi connectivity index (χ1) is 9.10. The maximum atomic E-state index is 5.45. The first-order valence-electron chi connectivity index (χ1n) is 6.37. The van der Waals surface area contributed by atoms with E-state index < -0.39 is 0 Å². The molecule has 2 N–H and O–H groups in total. The number of hydrogen-bond acceptors (Lipinski definition) is 5. The average molecular weight is 297 g/mol. The smallest absolute Gasteiger partial charge is 0.315 e. The van der Waals surface area contributed by atoms with Gasteiger partial charge in [-0.15, -0.1) is 17.5 Å². The van der Waals surface area contributed by atoms with Gasteiger partial charge in [-0.05, 0) is 44.5 Å². The van der Waals surface area contributed by atoms with E-state index in [1.807, 2.05) is 7.05 Å². The van der Waals surface area contributed by atoms with Crippen molar-refractivity contribution in [1.82, 2.24) is 15.5 Å². The van der Waals surface area contributed by atoms with Crippen LogP contribution in [0.3, 0.4) is 0 Å². The van der Waals surface area contributed by atoms with Gasteiger partial charge in [-0.1, -0.05) is 22.8 Å². The number of aryl methyl sites for hydroxylation is 3. The van der Waals surface area contributed by atoms with Gasteiger partial charge < -0.3 is 15.1 Å². The molecule has 0 aliphatic carbocycles. The Labute approximate surface area is 125 Å². The maximum absolute atomic E-state index is 5.45. The molecule has 0 spiro atoms. The van der Waals surface area contributed by atoms with E-state index in [-0.39, 0.29) is 12.4 Å². The van der Waals surface area contributed by atoms with Crippen molar-refractivity contribution in [3.8, 4) is 0 Å². The summed E-state index contributed by atoms with van der Waals surface area (Å²) in [5.74, 6) is 0.586. The van der Waals surface area contributed by atoms with Crippen LogP contribution in [-0.4, -0.2) is 17.2 Å². The molecular formula is C14H21ClN4O. The Kier molecular flexibility index (Phi) is 5.98. The Morgan fingerprint density at radius 1 is 1.05 bits per heavy atom. The molecule has 20 heavy (non-hydrogen) atoms. The van der Waals surface area contributed by atoms with Crippen molar-refractivity contribution in [3.63, 3.8) is 0 Å². The predicted molar refractivity (Wildman–Crippen MR) is 82.3 cm³/mol. The van der Waals surface area contributed by atoms with Crippen molar-refractivity contribution in [1.29, 1.82) is 0 Å². The highest BCUT2D eigenvalue weighted by atomic mass is 35.5. The molecule has 0 saturated heterocycles. The van der Waals surface area contributed by atoms with Crippen molar-refractivity contribution in [3.05, 3.63) is 40.3 Å². The molecule has 0 amide bonds. The van der Waals surface area contributed by atoms with Crippen LogP contribution in [0.2, 0.25) is 0 Å². The summed E-state index contributed by atoms with van der Waals surface area (Å²) in [7, 11) is 1.84. The second-order valence-corrected chi connectivity index (χ2v) is 4.76. The van der Waals surface area contributed by atoms with E-state index >= 15 is 0 Å².